The molecular weight excluding hydrogens is 464 g/mol. The van der Waals surface area contributed by atoms with E-state index in [1.807, 2.05) is 39.0 Å². The van der Waals surface area contributed by atoms with E-state index >= 15 is 0 Å². The van der Waals surface area contributed by atoms with Crippen molar-refractivity contribution in [3.8, 4) is 5.69 Å². The summed E-state index contributed by atoms with van der Waals surface area (Å²) in [7, 11) is 0. The molecule has 9 heteroatoms. The van der Waals surface area contributed by atoms with Crippen LogP contribution in [-0.4, -0.2) is 26.1 Å². The number of nitro groups is 1. The maximum Gasteiger partial charge on any atom is 0.293 e. The zero-order valence-electron chi connectivity index (χ0n) is 19.8. The summed E-state index contributed by atoms with van der Waals surface area (Å²) in [6, 6.07) is 15.9. The quantitative estimate of drug-likeness (QED) is 0.172. The summed E-state index contributed by atoms with van der Waals surface area (Å²) in [6.07, 6.45) is 0. The van der Waals surface area contributed by atoms with E-state index in [0.29, 0.717) is 21.7 Å². The van der Waals surface area contributed by atoms with Gasteiger partial charge in [0.15, 0.2) is 5.16 Å². The molecule has 0 aliphatic carbocycles. The summed E-state index contributed by atoms with van der Waals surface area (Å²) in [5.74, 6) is -0.518. The molecule has 0 saturated heterocycles. The topological polar surface area (TPSA) is 107 Å². The molecule has 0 radical (unpaired) electrons. The van der Waals surface area contributed by atoms with Gasteiger partial charge in [-0.25, -0.2) is 4.98 Å². The minimum atomic E-state index is -0.516. The van der Waals surface area contributed by atoms with Crippen LogP contribution in [0.5, 0.6) is 0 Å². The second-order valence-electron chi connectivity index (χ2n) is 8.45. The van der Waals surface area contributed by atoms with Crippen LogP contribution in [-0.2, 0) is 4.79 Å². The fourth-order valence-electron chi connectivity index (χ4n) is 3.89. The Labute approximate surface area is 206 Å². The lowest BCUT2D eigenvalue weighted by Crippen LogP contribution is -2.23. The number of fused-ring (bicyclic) bond motifs is 1. The van der Waals surface area contributed by atoms with Crippen molar-refractivity contribution in [1.29, 1.82) is 0 Å². The number of amides is 1. The molecule has 1 amide bonds. The standard InChI is InChI=1S/C26H24N4O4S/c1-15-9-16(2)11-19(10-15)29-25(32)20-7-5-6-8-21(20)28-26(29)35-14-24(31)27-22-12-17(3)18(4)13-23(22)30(33)34/h5-13H,14H2,1-4H3,(H,27,31). The van der Waals surface area contributed by atoms with Crippen molar-refractivity contribution in [1.82, 2.24) is 9.55 Å². The zero-order chi connectivity index (χ0) is 25.3. The van der Waals surface area contributed by atoms with Crippen molar-refractivity contribution in [2.45, 2.75) is 32.9 Å². The van der Waals surface area contributed by atoms with Crippen LogP contribution >= 0.6 is 11.8 Å². The molecule has 4 aromatic rings. The second kappa shape index (κ2) is 9.71. The smallest absolute Gasteiger partial charge is 0.293 e. The average Bonchev–Trinajstić information content (AvgIpc) is 2.79. The van der Waals surface area contributed by atoms with E-state index < -0.39 is 10.8 Å². The first kappa shape index (κ1) is 24.2. The van der Waals surface area contributed by atoms with Crippen LogP contribution < -0.4 is 10.9 Å². The minimum Gasteiger partial charge on any atom is -0.320 e. The molecule has 0 aliphatic heterocycles. The highest BCUT2D eigenvalue weighted by Gasteiger charge is 2.19. The summed E-state index contributed by atoms with van der Waals surface area (Å²) in [4.78, 5) is 41.8. The fourth-order valence-corrected chi connectivity index (χ4v) is 4.70. The number of carbonyl (C=O) groups is 1. The van der Waals surface area contributed by atoms with Crippen LogP contribution in [0.15, 0.2) is 64.5 Å². The number of aryl methyl sites for hydroxylation is 4. The van der Waals surface area contributed by atoms with Gasteiger partial charge in [0.2, 0.25) is 5.91 Å². The van der Waals surface area contributed by atoms with Gasteiger partial charge in [-0.15, -0.1) is 0 Å². The van der Waals surface area contributed by atoms with Crippen LogP contribution in [0.2, 0.25) is 0 Å². The molecule has 0 atom stereocenters. The van der Waals surface area contributed by atoms with Crippen LogP contribution in [0.1, 0.15) is 22.3 Å². The number of rotatable bonds is 6. The molecule has 0 spiro atoms. The van der Waals surface area contributed by atoms with Gasteiger partial charge in [-0.05, 0) is 80.3 Å². The van der Waals surface area contributed by atoms with Gasteiger partial charge >= 0.3 is 0 Å². The molecule has 1 aromatic heterocycles. The van der Waals surface area contributed by atoms with E-state index in [1.54, 1.807) is 37.3 Å². The molecular formula is C26H24N4O4S. The highest BCUT2D eigenvalue weighted by Crippen LogP contribution is 2.29. The predicted octanol–water partition coefficient (Wildman–Crippen LogP) is 5.26. The summed E-state index contributed by atoms with van der Waals surface area (Å²) < 4.78 is 1.51. The number of carbonyl (C=O) groups excluding carboxylic acids is 1. The Kier molecular flexibility index (Phi) is 6.70. The van der Waals surface area contributed by atoms with E-state index in [1.165, 1.54) is 10.6 Å². The lowest BCUT2D eigenvalue weighted by molar-refractivity contribution is -0.384. The van der Waals surface area contributed by atoms with Crippen LogP contribution in [0.3, 0.4) is 0 Å². The highest BCUT2D eigenvalue weighted by atomic mass is 32.2. The summed E-state index contributed by atoms with van der Waals surface area (Å²) in [6.45, 7) is 7.51. The lowest BCUT2D eigenvalue weighted by Gasteiger charge is -2.14. The lowest BCUT2D eigenvalue weighted by atomic mass is 10.1. The number of para-hydroxylation sites is 1. The SMILES string of the molecule is Cc1cc(C)cc(-n2c(SCC(=O)Nc3cc(C)c(C)cc3[N+](=O)[O-])nc3ccccc3c2=O)c1. The Morgan fingerprint density at radius 1 is 1.03 bits per heavy atom. The van der Waals surface area contributed by atoms with Gasteiger partial charge in [0.25, 0.3) is 11.2 Å². The maximum absolute atomic E-state index is 13.4. The van der Waals surface area contributed by atoms with Gasteiger partial charge in [0, 0.05) is 6.07 Å². The van der Waals surface area contributed by atoms with Gasteiger partial charge in [-0.1, -0.05) is 30.0 Å². The second-order valence-corrected chi connectivity index (χ2v) is 9.39. The molecule has 1 heterocycles. The molecule has 4 rings (SSSR count). The summed E-state index contributed by atoms with van der Waals surface area (Å²) in [5.41, 5.74) is 4.54. The average molecular weight is 489 g/mol. The number of anilines is 1. The monoisotopic (exact) mass is 488 g/mol. The van der Waals surface area contributed by atoms with Gasteiger partial charge in [0.05, 0.1) is 27.3 Å². The third-order valence-corrected chi connectivity index (χ3v) is 6.56. The van der Waals surface area contributed by atoms with Crippen molar-refractivity contribution in [3.05, 3.63) is 97.3 Å². The van der Waals surface area contributed by atoms with Crippen LogP contribution in [0.4, 0.5) is 11.4 Å². The molecule has 1 N–H and O–H groups in total. The van der Waals surface area contributed by atoms with Crippen molar-refractivity contribution in [2.24, 2.45) is 0 Å². The number of nitro benzene ring substituents is 1. The van der Waals surface area contributed by atoms with Gasteiger partial charge in [0.1, 0.15) is 5.69 Å². The molecule has 0 saturated carbocycles. The van der Waals surface area contributed by atoms with Crippen molar-refractivity contribution in [2.75, 3.05) is 11.1 Å². The molecule has 3 aromatic carbocycles. The number of thioether (sulfide) groups is 1. The van der Waals surface area contributed by atoms with E-state index in [4.69, 9.17) is 0 Å². The third-order valence-electron chi connectivity index (χ3n) is 5.62. The number of nitrogens with one attached hydrogen (secondary N) is 1. The molecule has 0 unspecified atom stereocenters. The Bertz CT molecular complexity index is 1520. The van der Waals surface area contributed by atoms with Crippen molar-refractivity contribution in [3.63, 3.8) is 0 Å². The molecule has 35 heavy (non-hydrogen) atoms. The molecule has 178 valence electrons. The molecule has 8 nitrogen and oxygen atoms in total. The fraction of sp³-hybridized carbons (Fsp3) is 0.192. The Balaban J connectivity index is 1.69. The first-order valence-electron chi connectivity index (χ1n) is 10.9. The van der Waals surface area contributed by atoms with E-state index in [2.05, 4.69) is 10.3 Å². The van der Waals surface area contributed by atoms with E-state index in [-0.39, 0.29) is 22.7 Å². The zero-order valence-corrected chi connectivity index (χ0v) is 20.6. The van der Waals surface area contributed by atoms with E-state index in [0.717, 1.165) is 34.0 Å². The van der Waals surface area contributed by atoms with Crippen LogP contribution in [0.25, 0.3) is 16.6 Å². The number of benzene rings is 3. The first-order valence-corrected chi connectivity index (χ1v) is 11.9. The molecule has 0 bridgehead atoms. The first-order chi connectivity index (χ1) is 16.6. The normalized spacial score (nSPS) is 11.0. The Morgan fingerprint density at radius 3 is 2.37 bits per heavy atom. The Hall–Kier alpha value is -3.98. The van der Waals surface area contributed by atoms with Crippen molar-refractivity contribution >= 4 is 39.9 Å². The van der Waals surface area contributed by atoms with Gasteiger partial charge in [-0.2, -0.15) is 0 Å². The van der Waals surface area contributed by atoms with Gasteiger partial charge in [-0.3, -0.25) is 24.3 Å². The van der Waals surface area contributed by atoms with Crippen molar-refractivity contribution < 1.29 is 9.72 Å². The summed E-state index contributed by atoms with van der Waals surface area (Å²) in [5, 5.41) is 15.0. The Morgan fingerprint density at radius 2 is 1.69 bits per heavy atom. The van der Waals surface area contributed by atoms with Gasteiger partial charge < -0.3 is 5.32 Å². The summed E-state index contributed by atoms with van der Waals surface area (Å²) >= 11 is 1.10. The molecule has 0 aliphatic rings. The number of nitrogens with zero attached hydrogens (tertiary/aromatic N) is 3. The number of hydrogen-bond acceptors (Lipinski definition) is 6. The number of hydrogen-bond donors (Lipinski definition) is 1. The molecule has 0 fully saturated rings. The van der Waals surface area contributed by atoms with E-state index in [9.17, 15) is 19.7 Å². The highest BCUT2D eigenvalue weighted by molar-refractivity contribution is 7.99. The largest absolute Gasteiger partial charge is 0.320 e. The maximum atomic E-state index is 13.4. The third kappa shape index (κ3) is 5.09. The predicted molar refractivity (Wildman–Crippen MR) is 139 cm³/mol. The minimum absolute atomic E-state index is 0.0837. The van der Waals surface area contributed by atoms with Crippen LogP contribution in [0, 0.1) is 37.8 Å². The number of aromatic nitrogens is 2.